The van der Waals surface area contributed by atoms with E-state index in [9.17, 15) is 9.90 Å². The van der Waals surface area contributed by atoms with Crippen molar-refractivity contribution in [1.82, 2.24) is 15.1 Å². The molecule has 1 amide bonds. The first kappa shape index (κ1) is 23.8. The van der Waals surface area contributed by atoms with Crippen molar-refractivity contribution >= 4 is 11.9 Å². The number of hydrogen-bond donors (Lipinski definition) is 2. The normalized spacial score (nSPS) is 11.2. The lowest BCUT2D eigenvalue weighted by molar-refractivity contribution is 0.0285. The molecule has 0 saturated heterocycles. The van der Waals surface area contributed by atoms with E-state index in [1.165, 1.54) is 0 Å². The number of nitrogens with two attached hydrogens (primary N) is 1. The van der Waals surface area contributed by atoms with Crippen LogP contribution in [0, 0.1) is 0 Å². The van der Waals surface area contributed by atoms with Gasteiger partial charge in [-0.05, 0) is 44.0 Å². The van der Waals surface area contributed by atoms with E-state index in [1.807, 2.05) is 51.1 Å². The van der Waals surface area contributed by atoms with Gasteiger partial charge in [0.25, 0.3) is 0 Å². The maximum absolute atomic E-state index is 12.1. The third kappa shape index (κ3) is 6.83. The Morgan fingerprint density at radius 1 is 1.06 bits per heavy atom. The number of amides is 1. The fourth-order valence-electron chi connectivity index (χ4n) is 3.09. The van der Waals surface area contributed by atoms with Crippen LogP contribution < -0.4 is 10.5 Å². The predicted molar refractivity (Wildman–Crippen MR) is 127 cm³/mol. The van der Waals surface area contributed by atoms with Crippen molar-refractivity contribution in [3.63, 3.8) is 0 Å². The number of rotatable bonds is 7. The van der Waals surface area contributed by atoms with Crippen LogP contribution in [0.25, 0.3) is 11.3 Å². The first-order valence-electron chi connectivity index (χ1n) is 10.7. The average molecular weight is 451 g/mol. The molecule has 3 rings (SSSR count). The lowest BCUT2D eigenvalue weighted by Gasteiger charge is -2.24. The van der Waals surface area contributed by atoms with Gasteiger partial charge in [-0.3, -0.25) is 0 Å². The summed E-state index contributed by atoms with van der Waals surface area (Å²) in [6.45, 7) is 6.39. The third-order valence-electron chi connectivity index (χ3n) is 4.76. The number of hydrogen-bond acceptors (Lipinski definition) is 7. The summed E-state index contributed by atoms with van der Waals surface area (Å²) in [6.07, 6.45) is 0.308. The van der Waals surface area contributed by atoms with Gasteiger partial charge in [0.15, 0.2) is 11.6 Å². The Kier molecular flexibility index (Phi) is 7.37. The molecule has 0 aliphatic rings. The number of ether oxygens (including phenoxy) is 2. The van der Waals surface area contributed by atoms with Crippen molar-refractivity contribution in [3.8, 4) is 22.8 Å². The van der Waals surface area contributed by atoms with E-state index in [2.05, 4.69) is 10.2 Å². The largest absolute Gasteiger partial charge is 0.507 e. The molecule has 0 bridgehead atoms. The van der Waals surface area contributed by atoms with Gasteiger partial charge in [-0.25, -0.2) is 4.79 Å². The minimum Gasteiger partial charge on any atom is -0.507 e. The fraction of sp³-hybridized carbons (Fsp3) is 0.320. The Morgan fingerprint density at radius 2 is 1.73 bits per heavy atom. The summed E-state index contributed by atoms with van der Waals surface area (Å²) in [6, 6.07) is 16.5. The number of benzene rings is 2. The molecule has 3 aromatic rings. The van der Waals surface area contributed by atoms with Crippen LogP contribution in [0.2, 0.25) is 0 Å². The van der Waals surface area contributed by atoms with Crippen molar-refractivity contribution < 1.29 is 19.4 Å². The number of nitrogen functional groups attached to an aromatic ring is 1. The number of phenols is 1. The lowest BCUT2D eigenvalue weighted by atomic mass is 10.1. The highest BCUT2D eigenvalue weighted by Gasteiger charge is 2.19. The van der Waals surface area contributed by atoms with Crippen LogP contribution >= 0.6 is 0 Å². The van der Waals surface area contributed by atoms with Gasteiger partial charge in [0, 0.05) is 31.6 Å². The molecule has 2 aromatic carbocycles. The van der Waals surface area contributed by atoms with Gasteiger partial charge >= 0.3 is 6.09 Å². The van der Waals surface area contributed by atoms with Gasteiger partial charge < -0.3 is 25.2 Å². The summed E-state index contributed by atoms with van der Waals surface area (Å²) in [7, 11) is 1.71. The lowest BCUT2D eigenvalue weighted by Crippen LogP contribution is -2.33. The number of nitrogens with zero attached hydrogens (tertiary/aromatic N) is 3. The molecule has 0 saturated carbocycles. The van der Waals surface area contributed by atoms with Crippen LogP contribution in [-0.2, 0) is 17.7 Å². The van der Waals surface area contributed by atoms with Crippen molar-refractivity contribution in [1.29, 1.82) is 0 Å². The molecule has 8 nitrogen and oxygen atoms in total. The van der Waals surface area contributed by atoms with Crippen LogP contribution in [0.5, 0.6) is 11.5 Å². The quantitative estimate of drug-likeness (QED) is 0.548. The van der Waals surface area contributed by atoms with Crippen LogP contribution in [0.4, 0.5) is 10.6 Å². The molecule has 0 radical (unpaired) electrons. The Balaban J connectivity index is 1.56. The molecule has 1 heterocycles. The van der Waals surface area contributed by atoms with E-state index in [0.717, 1.165) is 11.1 Å². The molecule has 0 unspecified atom stereocenters. The second-order valence-corrected chi connectivity index (χ2v) is 8.75. The van der Waals surface area contributed by atoms with Gasteiger partial charge in [-0.15, -0.1) is 10.2 Å². The van der Waals surface area contributed by atoms with Crippen molar-refractivity contribution in [2.45, 2.75) is 39.3 Å². The van der Waals surface area contributed by atoms with Crippen molar-refractivity contribution in [2.24, 2.45) is 0 Å². The van der Waals surface area contributed by atoms with Gasteiger partial charge in [-0.1, -0.05) is 36.4 Å². The Bertz CT molecular complexity index is 1090. The van der Waals surface area contributed by atoms with Crippen LogP contribution in [0.1, 0.15) is 31.9 Å². The summed E-state index contributed by atoms with van der Waals surface area (Å²) in [5, 5.41) is 18.0. The second-order valence-electron chi connectivity index (χ2n) is 8.75. The monoisotopic (exact) mass is 450 g/mol. The molecule has 0 fully saturated rings. The Labute approximate surface area is 194 Å². The molecule has 174 valence electrons. The minimum absolute atomic E-state index is 0.111. The van der Waals surface area contributed by atoms with Gasteiger partial charge in [0.2, 0.25) is 0 Å². The summed E-state index contributed by atoms with van der Waals surface area (Å²) >= 11 is 0. The zero-order chi connectivity index (χ0) is 24.0. The molecule has 0 atom stereocenters. The zero-order valence-corrected chi connectivity index (χ0v) is 19.4. The summed E-state index contributed by atoms with van der Waals surface area (Å²) in [4.78, 5) is 13.7. The number of phenolic OH excluding ortho intramolecular Hbond substituents is 1. The van der Waals surface area contributed by atoms with Gasteiger partial charge in [0.1, 0.15) is 17.0 Å². The summed E-state index contributed by atoms with van der Waals surface area (Å²) in [5.41, 5.74) is 8.51. The minimum atomic E-state index is -0.523. The first-order valence-corrected chi connectivity index (χ1v) is 10.7. The zero-order valence-electron chi connectivity index (χ0n) is 19.4. The van der Waals surface area contributed by atoms with Crippen molar-refractivity contribution in [2.75, 3.05) is 19.4 Å². The predicted octanol–water partition coefficient (Wildman–Crippen LogP) is 4.42. The van der Waals surface area contributed by atoms with Gasteiger partial charge in [-0.2, -0.15) is 0 Å². The second kappa shape index (κ2) is 10.2. The topological polar surface area (TPSA) is 111 Å². The number of carbonyl (C=O) groups excluding carboxylic acids is 1. The Morgan fingerprint density at radius 3 is 2.39 bits per heavy atom. The average Bonchev–Trinajstić information content (AvgIpc) is 2.75. The number of carbonyl (C=O) groups is 1. The van der Waals surface area contributed by atoms with E-state index in [1.54, 1.807) is 36.2 Å². The number of aromatic nitrogens is 2. The summed E-state index contributed by atoms with van der Waals surface area (Å²) in [5.74, 6) is 0.716. The van der Waals surface area contributed by atoms with Crippen molar-refractivity contribution in [3.05, 3.63) is 65.7 Å². The number of aromatic hydroxyl groups is 1. The highest BCUT2D eigenvalue weighted by Crippen LogP contribution is 2.30. The van der Waals surface area contributed by atoms with E-state index >= 15 is 0 Å². The maximum atomic E-state index is 12.1. The molecular weight excluding hydrogens is 420 g/mol. The summed E-state index contributed by atoms with van der Waals surface area (Å²) < 4.78 is 11.2. The number of anilines is 1. The Hall–Kier alpha value is -3.81. The molecule has 1 aromatic heterocycles. The van der Waals surface area contributed by atoms with Crippen LogP contribution in [-0.4, -0.2) is 45.6 Å². The maximum Gasteiger partial charge on any atom is 0.410 e. The molecule has 8 heteroatoms. The molecule has 0 spiro atoms. The van der Waals surface area contributed by atoms with E-state index < -0.39 is 5.60 Å². The molecule has 3 N–H and O–H groups in total. The van der Waals surface area contributed by atoms with E-state index in [4.69, 9.17) is 15.2 Å². The molecule has 33 heavy (non-hydrogen) atoms. The standard InChI is InChI=1S/C25H30N4O4/c1-25(2,3)33-24(31)29(4)16-18-11-9-17(10-12-18)13-14-32-22-15-20(27-28-23(22)26)19-7-5-6-8-21(19)30/h5-12,15,30H,13-14,16H2,1-4H3,(H2,26,28). The van der Waals surface area contributed by atoms with E-state index in [0.29, 0.717) is 36.6 Å². The highest BCUT2D eigenvalue weighted by atomic mass is 16.6. The first-order chi connectivity index (χ1) is 15.6. The molecule has 0 aliphatic heterocycles. The highest BCUT2D eigenvalue weighted by molar-refractivity contribution is 5.69. The van der Waals surface area contributed by atoms with E-state index in [-0.39, 0.29) is 17.7 Å². The fourth-order valence-corrected chi connectivity index (χ4v) is 3.09. The smallest absolute Gasteiger partial charge is 0.410 e. The van der Waals surface area contributed by atoms with Gasteiger partial charge in [0.05, 0.1) is 6.61 Å². The number of para-hydroxylation sites is 1. The van der Waals surface area contributed by atoms with Crippen LogP contribution in [0.15, 0.2) is 54.6 Å². The SMILES string of the molecule is CN(Cc1ccc(CCOc2cc(-c3ccccc3O)nnc2N)cc1)C(=O)OC(C)(C)C. The van der Waals surface area contributed by atoms with Crippen LogP contribution in [0.3, 0.4) is 0 Å². The molecular formula is C25H30N4O4. The third-order valence-corrected chi connectivity index (χ3v) is 4.76. The molecule has 0 aliphatic carbocycles.